The summed E-state index contributed by atoms with van der Waals surface area (Å²) in [5, 5.41) is 14.6. The van der Waals surface area contributed by atoms with Crippen LogP contribution in [0.3, 0.4) is 0 Å². The van der Waals surface area contributed by atoms with Gasteiger partial charge >= 0.3 is 12.1 Å². The first kappa shape index (κ1) is 24.8. The van der Waals surface area contributed by atoms with E-state index in [1.165, 1.54) is 22.3 Å². The van der Waals surface area contributed by atoms with Crippen molar-refractivity contribution in [1.29, 1.82) is 0 Å². The molecule has 2 aromatic carbocycles. The van der Waals surface area contributed by atoms with E-state index in [4.69, 9.17) is 9.84 Å². The molecule has 0 saturated heterocycles. The highest BCUT2D eigenvalue weighted by molar-refractivity contribution is 5.79. The number of benzene rings is 2. The van der Waals surface area contributed by atoms with Gasteiger partial charge in [-0.3, -0.25) is 9.59 Å². The molecule has 1 saturated carbocycles. The summed E-state index contributed by atoms with van der Waals surface area (Å²) in [5.41, 5.74) is 4.72. The standard InChI is InChI=1S/C28H34N2O5/c1-18(10-13-27(32)33)15-29-26(31)14-20(19-11-12-19)16-30-28(34)35-17-25-23-8-4-2-6-21(23)22-7-3-5-9-24(22)25/h2-9,18-20,25H,10-17H2,1H3,(H,29,31)(H,30,34)(H,32,33). The number of nitrogens with one attached hydrogen (secondary N) is 2. The van der Waals surface area contributed by atoms with Crippen molar-refractivity contribution in [1.82, 2.24) is 10.6 Å². The zero-order valence-electron chi connectivity index (χ0n) is 20.2. The lowest BCUT2D eigenvalue weighted by atomic mass is 9.98. The second-order valence-corrected chi connectivity index (χ2v) is 9.85. The van der Waals surface area contributed by atoms with Crippen molar-refractivity contribution >= 4 is 18.0 Å². The average molecular weight is 479 g/mol. The number of carbonyl (C=O) groups excluding carboxylic acids is 2. The molecule has 0 radical (unpaired) electrons. The van der Waals surface area contributed by atoms with E-state index in [9.17, 15) is 14.4 Å². The van der Waals surface area contributed by atoms with Crippen molar-refractivity contribution in [2.45, 2.75) is 44.9 Å². The minimum atomic E-state index is -0.823. The van der Waals surface area contributed by atoms with Crippen LogP contribution in [0.25, 0.3) is 11.1 Å². The van der Waals surface area contributed by atoms with Crippen LogP contribution in [-0.2, 0) is 14.3 Å². The van der Waals surface area contributed by atoms with E-state index in [0.717, 1.165) is 12.8 Å². The predicted octanol–water partition coefficient (Wildman–Crippen LogP) is 4.56. The topological polar surface area (TPSA) is 105 Å². The predicted molar refractivity (Wildman–Crippen MR) is 133 cm³/mol. The third-order valence-corrected chi connectivity index (χ3v) is 7.09. The lowest BCUT2D eigenvalue weighted by molar-refractivity contribution is -0.137. The second kappa shape index (κ2) is 11.4. The van der Waals surface area contributed by atoms with Gasteiger partial charge < -0.3 is 20.5 Å². The Morgan fingerprint density at radius 3 is 2.20 bits per heavy atom. The van der Waals surface area contributed by atoms with Gasteiger partial charge in [-0.25, -0.2) is 4.79 Å². The molecule has 0 heterocycles. The van der Waals surface area contributed by atoms with Crippen molar-refractivity contribution in [3.8, 4) is 11.1 Å². The molecule has 2 atom stereocenters. The first-order valence-electron chi connectivity index (χ1n) is 12.5. The molecule has 0 spiro atoms. The van der Waals surface area contributed by atoms with Crippen LogP contribution >= 0.6 is 0 Å². The molecular weight excluding hydrogens is 444 g/mol. The van der Waals surface area contributed by atoms with Gasteiger partial charge in [-0.2, -0.15) is 0 Å². The van der Waals surface area contributed by atoms with Gasteiger partial charge in [-0.15, -0.1) is 0 Å². The quantitative estimate of drug-likeness (QED) is 0.415. The van der Waals surface area contributed by atoms with Crippen LogP contribution in [0.1, 0.15) is 56.1 Å². The molecule has 3 N–H and O–H groups in total. The molecule has 2 unspecified atom stereocenters. The molecule has 2 aliphatic rings. The average Bonchev–Trinajstić information content (AvgIpc) is 3.65. The summed E-state index contributed by atoms with van der Waals surface area (Å²) in [5.74, 6) is -0.242. The van der Waals surface area contributed by atoms with E-state index < -0.39 is 12.1 Å². The summed E-state index contributed by atoms with van der Waals surface area (Å²) >= 11 is 0. The molecule has 2 aromatic rings. The van der Waals surface area contributed by atoms with Crippen molar-refractivity contribution in [2.75, 3.05) is 19.7 Å². The smallest absolute Gasteiger partial charge is 0.407 e. The van der Waals surface area contributed by atoms with E-state index in [0.29, 0.717) is 31.8 Å². The summed E-state index contributed by atoms with van der Waals surface area (Å²) < 4.78 is 5.62. The highest BCUT2D eigenvalue weighted by Crippen LogP contribution is 2.44. The Kier molecular flexibility index (Phi) is 8.06. The summed E-state index contributed by atoms with van der Waals surface area (Å²) in [6.45, 7) is 3.07. The second-order valence-electron chi connectivity index (χ2n) is 9.85. The van der Waals surface area contributed by atoms with Gasteiger partial charge in [-0.1, -0.05) is 55.5 Å². The third kappa shape index (κ3) is 6.62. The monoisotopic (exact) mass is 478 g/mol. The molecule has 2 aliphatic carbocycles. The van der Waals surface area contributed by atoms with Gasteiger partial charge in [0.05, 0.1) is 0 Å². The van der Waals surface area contributed by atoms with E-state index >= 15 is 0 Å². The maximum absolute atomic E-state index is 12.5. The molecule has 7 nitrogen and oxygen atoms in total. The van der Waals surface area contributed by atoms with Crippen LogP contribution < -0.4 is 10.6 Å². The van der Waals surface area contributed by atoms with Crippen LogP contribution in [0.2, 0.25) is 0 Å². The van der Waals surface area contributed by atoms with Crippen LogP contribution in [-0.4, -0.2) is 42.8 Å². The maximum Gasteiger partial charge on any atom is 0.407 e. The molecule has 186 valence electrons. The number of hydrogen-bond acceptors (Lipinski definition) is 4. The zero-order chi connectivity index (χ0) is 24.8. The van der Waals surface area contributed by atoms with Gasteiger partial charge in [0.2, 0.25) is 5.91 Å². The fourth-order valence-electron chi connectivity index (χ4n) is 4.91. The minimum Gasteiger partial charge on any atom is -0.481 e. The van der Waals surface area contributed by atoms with Crippen LogP contribution in [0, 0.1) is 17.8 Å². The number of hydrogen-bond donors (Lipinski definition) is 3. The molecule has 7 heteroatoms. The van der Waals surface area contributed by atoms with Gasteiger partial charge in [0.1, 0.15) is 6.61 Å². The largest absolute Gasteiger partial charge is 0.481 e. The fourth-order valence-corrected chi connectivity index (χ4v) is 4.91. The molecule has 4 rings (SSSR count). The molecule has 0 aromatic heterocycles. The Morgan fingerprint density at radius 2 is 1.60 bits per heavy atom. The Bertz CT molecular complexity index is 1020. The Balaban J connectivity index is 1.23. The summed E-state index contributed by atoms with van der Waals surface area (Å²) in [7, 11) is 0. The lowest BCUT2D eigenvalue weighted by Gasteiger charge is -2.19. The minimum absolute atomic E-state index is 0.0151. The van der Waals surface area contributed by atoms with Crippen molar-refractivity contribution in [2.24, 2.45) is 17.8 Å². The highest BCUT2D eigenvalue weighted by Gasteiger charge is 2.33. The number of carbonyl (C=O) groups is 3. The Morgan fingerprint density at radius 1 is 0.971 bits per heavy atom. The van der Waals surface area contributed by atoms with E-state index in [2.05, 4.69) is 34.9 Å². The van der Waals surface area contributed by atoms with E-state index in [1.54, 1.807) is 0 Å². The van der Waals surface area contributed by atoms with Gasteiger partial charge in [0.15, 0.2) is 0 Å². The summed E-state index contributed by atoms with van der Waals surface area (Å²) in [4.78, 5) is 35.6. The number of carboxylic acid groups (broad SMARTS) is 1. The SMILES string of the molecule is CC(CCC(=O)O)CNC(=O)CC(CNC(=O)OCC1c2ccccc2-c2ccccc21)C1CC1. The first-order valence-corrected chi connectivity index (χ1v) is 12.5. The molecular formula is C28H34N2O5. The number of ether oxygens (including phenoxy) is 1. The molecule has 0 bridgehead atoms. The number of fused-ring (bicyclic) bond motifs is 3. The summed E-state index contributed by atoms with van der Waals surface area (Å²) in [6.07, 6.45) is 2.66. The van der Waals surface area contributed by atoms with Crippen LogP contribution in [0.5, 0.6) is 0 Å². The number of carboxylic acids is 1. The normalized spacial score (nSPS) is 16.0. The maximum atomic E-state index is 12.5. The zero-order valence-corrected chi connectivity index (χ0v) is 20.2. The molecule has 2 amide bonds. The fraction of sp³-hybridized carbons (Fsp3) is 0.464. The van der Waals surface area contributed by atoms with Crippen molar-refractivity contribution in [3.63, 3.8) is 0 Å². The number of amides is 2. The van der Waals surface area contributed by atoms with E-state index in [1.807, 2.05) is 31.2 Å². The van der Waals surface area contributed by atoms with Crippen LogP contribution in [0.4, 0.5) is 4.79 Å². The van der Waals surface area contributed by atoms with Crippen molar-refractivity contribution in [3.05, 3.63) is 59.7 Å². The van der Waals surface area contributed by atoms with E-state index in [-0.39, 0.29) is 36.7 Å². The van der Waals surface area contributed by atoms with Gasteiger partial charge in [0, 0.05) is 31.8 Å². The van der Waals surface area contributed by atoms with Gasteiger partial charge in [0.25, 0.3) is 0 Å². The number of aliphatic carboxylic acids is 1. The highest BCUT2D eigenvalue weighted by atomic mass is 16.5. The number of alkyl carbamates (subject to hydrolysis) is 1. The lowest BCUT2D eigenvalue weighted by Crippen LogP contribution is -2.35. The first-order chi connectivity index (χ1) is 16.9. The van der Waals surface area contributed by atoms with Crippen molar-refractivity contribution < 1.29 is 24.2 Å². The van der Waals surface area contributed by atoms with Crippen LogP contribution in [0.15, 0.2) is 48.5 Å². The molecule has 35 heavy (non-hydrogen) atoms. The third-order valence-electron chi connectivity index (χ3n) is 7.09. The Labute approximate surface area is 206 Å². The molecule has 0 aliphatic heterocycles. The van der Waals surface area contributed by atoms with Gasteiger partial charge in [-0.05, 0) is 59.3 Å². The summed E-state index contributed by atoms with van der Waals surface area (Å²) in [6, 6.07) is 16.5. The Hall–Kier alpha value is -3.35. The number of rotatable bonds is 12. The molecule has 1 fully saturated rings.